The fourth-order valence-corrected chi connectivity index (χ4v) is 25.0. The SMILES string of the molecule is C1CCCCCCCSSSSSSSSSSCCCCCC1. The van der Waals surface area contributed by atoms with Gasteiger partial charge >= 0.3 is 0 Å². The molecule has 0 unspecified atom stereocenters. The average Bonchev–Trinajstić information content (AvgIpc) is 2.59. The predicted molar refractivity (Wildman–Crippen MR) is 141 cm³/mol. The summed E-state index contributed by atoms with van der Waals surface area (Å²) >= 11 is 0. The summed E-state index contributed by atoms with van der Waals surface area (Å²) in [6, 6.07) is 0. The fourth-order valence-electron chi connectivity index (χ4n) is 2.27. The van der Waals surface area contributed by atoms with Crippen LogP contribution in [0.5, 0.6) is 0 Å². The second-order valence-electron chi connectivity index (χ2n) is 5.43. The van der Waals surface area contributed by atoms with Gasteiger partial charge in [0.25, 0.3) is 0 Å². The van der Waals surface area contributed by atoms with E-state index in [9.17, 15) is 0 Å². The molecule has 0 amide bonds. The maximum Gasteiger partial charge on any atom is 0.00454 e. The third-order valence-electron chi connectivity index (χ3n) is 3.50. The molecular formula is C14H28S10. The topological polar surface area (TPSA) is 0 Å². The second-order valence-corrected chi connectivity index (χ2v) is 22.3. The van der Waals surface area contributed by atoms with Crippen LogP contribution in [0.2, 0.25) is 0 Å². The molecule has 1 aliphatic heterocycles. The van der Waals surface area contributed by atoms with Crippen molar-refractivity contribution < 1.29 is 0 Å². The normalized spacial score (nSPS) is 24.0. The number of hydrogen-bond donors (Lipinski definition) is 0. The molecular weight excluding hydrogens is 489 g/mol. The van der Waals surface area contributed by atoms with Gasteiger partial charge in [-0.2, -0.15) is 0 Å². The number of rotatable bonds is 0. The molecule has 0 aliphatic carbocycles. The Morgan fingerprint density at radius 2 is 0.500 bits per heavy atom. The lowest BCUT2D eigenvalue weighted by Gasteiger charge is -2.04. The van der Waals surface area contributed by atoms with Crippen molar-refractivity contribution in [3.05, 3.63) is 0 Å². The van der Waals surface area contributed by atoms with Gasteiger partial charge in [0.2, 0.25) is 0 Å². The average molecular weight is 517 g/mol. The number of hydrogen-bond acceptors (Lipinski definition) is 10. The van der Waals surface area contributed by atoms with Crippen LogP contribution in [0, 0.1) is 0 Å². The fraction of sp³-hybridized carbons (Fsp3) is 1.00. The first kappa shape index (κ1) is 25.5. The first-order valence-corrected chi connectivity index (χ1v) is 21.7. The maximum absolute atomic E-state index is 2.03. The van der Waals surface area contributed by atoms with E-state index in [1.54, 1.807) is 0 Å². The van der Waals surface area contributed by atoms with E-state index >= 15 is 0 Å². The Labute approximate surface area is 186 Å². The molecule has 0 aromatic carbocycles. The summed E-state index contributed by atoms with van der Waals surface area (Å²) in [6.07, 6.45) is 17.3. The van der Waals surface area contributed by atoms with Gasteiger partial charge in [0.15, 0.2) is 0 Å². The Morgan fingerprint density at radius 1 is 0.250 bits per heavy atom. The van der Waals surface area contributed by atoms with Crippen LogP contribution >= 0.6 is 100 Å². The predicted octanol–water partition coefficient (Wildman–Crippen LogP) is 11.2. The van der Waals surface area contributed by atoms with E-state index in [4.69, 9.17) is 0 Å². The molecule has 0 N–H and O–H groups in total. The molecule has 0 bridgehead atoms. The van der Waals surface area contributed by atoms with E-state index in [1.165, 1.54) is 88.6 Å². The summed E-state index contributed by atoms with van der Waals surface area (Å²) in [6.45, 7) is 0. The molecule has 0 radical (unpaired) electrons. The summed E-state index contributed by atoms with van der Waals surface area (Å²) < 4.78 is 0. The van der Waals surface area contributed by atoms with E-state index < -0.39 is 0 Å². The van der Waals surface area contributed by atoms with Crippen LogP contribution in [0.15, 0.2) is 0 Å². The van der Waals surface area contributed by atoms with Crippen LogP contribution in [0.25, 0.3) is 0 Å². The highest BCUT2D eigenvalue weighted by atomic mass is 34.0. The van der Waals surface area contributed by atoms with Crippen LogP contribution < -0.4 is 0 Å². The van der Waals surface area contributed by atoms with Gasteiger partial charge in [0.05, 0.1) is 0 Å². The first-order chi connectivity index (χ1) is 12.0. The van der Waals surface area contributed by atoms with Crippen LogP contribution in [0.3, 0.4) is 0 Å². The summed E-state index contributed by atoms with van der Waals surface area (Å²) in [4.78, 5) is 0. The van der Waals surface area contributed by atoms with Crippen LogP contribution in [-0.2, 0) is 0 Å². The van der Waals surface area contributed by atoms with E-state index in [-0.39, 0.29) is 0 Å². The smallest absolute Gasteiger partial charge is 0.00454 e. The van der Waals surface area contributed by atoms with E-state index in [2.05, 4.69) is 0 Å². The molecule has 10 heteroatoms. The molecule has 1 fully saturated rings. The van der Waals surface area contributed by atoms with E-state index in [0.717, 1.165) is 0 Å². The third kappa shape index (κ3) is 20.2. The molecule has 24 heavy (non-hydrogen) atoms. The quantitative estimate of drug-likeness (QED) is 0.283. The lowest BCUT2D eigenvalue weighted by Crippen LogP contribution is -1.84. The maximum atomic E-state index is 2.03. The van der Waals surface area contributed by atoms with Gasteiger partial charge < -0.3 is 0 Å². The summed E-state index contributed by atoms with van der Waals surface area (Å²) in [7, 11) is 19.4. The zero-order chi connectivity index (χ0) is 17.0. The molecule has 0 atom stereocenters. The molecule has 0 saturated carbocycles. The second kappa shape index (κ2) is 22.8. The molecule has 1 aliphatic rings. The summed E-state index contributed by atoms with van der Waals surface area (Å²) in [5.74, 6) is 2.63. The molecule has 144 valence electrons. The Hall–Kier alpha value is 3.50. The van der Waals surface area contributed by atoms with Gasteiger partial charge in [-0.05, 0) is 91.4 Å². The molecule has 0 nitrogen and oxygen atoms in total. The Bertz CT molecular complexity index is 134. The van der Waals surface area contributed by atoms with Gasteiger partial charge in [-0.25, -0.2) is 0 Å². The largest absolute Gasteiger partial charge is 0.0817 e. The van der Waals surface area contributed by atoms with Crippen LogP contribution in [0.1, 0.15) is 77.0 Å². The van der Waals surface area contributed by atoms with E-state index in [0.29, 0.717) is 0 Å². The highest BCUT2D eigenvalue weighted by molar-refractivity contribution is 9.52. The Kier molecular flexibility index (Phi) is 24.2. The molecule has 1 saturated heterocycles. The van der Waals surface area contributed by atoms with Gasteiger partial charge in [0, 0.05) is 11.5 Å². The minimum atomic E-state index is 1.31. The van der Waals surface area contributed by atoms with Crippen molar-refractivity contribution in [2.75, 3.05) is 11.5 Å². The van der Waals surface area contributed by atoms with Crippen molar-refractivity contribution in [2.24, 2.45) is 0 Å². The lowest BCUT2D eigenvalue weighted by atomic mass is 10.1. The van der Waals surface area contributed by atoms with Crippen molar-refractivity contribution >= 4 is 100 Å². The van der Waals surface area contributed by atoms with Gasteiger partial charge in [-0.3, -0.25) is 0 Å². The van der Waals surface area contributed by atoms with Gasteiger partial charge in [0.1, 0.15) is 0 Å². The molecule has 0 spiro atoms. The minimum Gasteiger partial charge on any atom is -0.0817 e. The first-order valence-electron chi connectivity index (χ1n) is 8.58. The standard InChI is InChI=1S/C14H28S10/c1-2-4-6-8-10-12-14-16-18-20-22-24-23-21-19-17-15-13-11-9-7-5-3-1/h1-14H2. The monoisotopic (exact) mass is 516 g/mol. The summed E-state index contributed by atoms with van der Waals surface area (Å²) in [5.41, 5.74) is 0. The van der Waals surface area contributed by atoms with Crippen molar-refractivity contribution in [1.29, 1.82) is 0 Å². The molecule has 0 aromatic rings. The molecule has 1 rings (SSSR count). The Morgan fingerprint density at radius 3 is 0.833 bits per heavy atom. The van der Waals surface area contributed by atoms with Gasteiger partial charge in [-0.15, -0.1) is 0 Å². The van der Waals surface area contributed by atoms with Crippen molar-refractivity contribution in [3.63, 3.8) is 0 Å². The van der Waals surface area contributed by atoms with E-state index in [1.807, 2.05) is 100 Å². The van der Waals surface area contributed by atoms with Crippen molar-refractivity contribution in [2.45, 2.75) is 77.0 Å². The zero-order valence-electron chi connectivity index (χ0n) is 14.0. The zero-order valence-corrected chi connectivity index (χ0v) is 22.1. The highest BCUT2D eigenvalue weighted by Crippen LogP contribution is 2.59. The van der Waals surface area contributed by atoms with Crippen molar-refractivity contribution in [1.82, 2.24) is 0 Å². The molecule has 0 aromatic heterocycles. The molecule has 1 heterocycles. The summed E-state index contributed by atoms with van der Waals surface area (Å²) in [5, 5.41) is 0. The van der Waals surface area contributed by atoms with Crippen LogP contribution in [0.4, 0.5) is 0 Å². The minimum absolute atomic E-state index is 1.31. The third-order valence-corrected chi connectivity index (χ3v) is 23.5. The van der Waals surface area contributed by atoms with Gasteiger partial charge in [-0.1, -0.05) is 85.8 Å². The van der Waals surface area contributed by atoms with Crippen LogP contribution in [-0.4, -0.2) is 11.5 Å². The Balaban J connectivity index is 2.00. The highest BCUT2D eigenvalue weighted by Gasteiger charge is 1.99. The lowest BCUT2D eigenvalue weighted by molar-refractivity contribution is 0.549. The van der Waals surface area contributed by atoms with Crippen molar-refractivity contribution in [3.8, 4) is 0 Å².